The highest BCUT2D eigenvalue weighted by molar-refractivity contribution is 6.13. The number of carbonyl (C=O) groups excluding carboxylic acids is 1. The van der Waals surface area contributed by atoms with Crippen molar-refractivity contribution >= 4 is 27.7 Å². The Bertz CT molecular complexity index is 1640. The molecule has 0 saturated carbocycles. The van der Waals surface area contributed by atoms with Crippen molar-refractivity contribution in [3.05, 3.63) is 78.0 Å². The molecule has 7 rings (SSSR count). The summed E-state index contributed by atoms with van der Waals surface area (Å²) in [5, 5.41) is 4.93. The van der Waals surface area contributed by atoms with Crippen molar-refractivity contribution in [2.75, 3.05) is 13.6 Å². The second kappa shape index (κ2) is 7.66. The van der Waals surface area contributed by atoms with Crippen molar-refractivity contribution in [3.63, 3.8) is 0 Å². The summed E-state index contributed by atoms with van der Waals surface area (Å²) in [4.78, 5) is 21.5. The van der Waals surface area contributed by atoms with Gasteiger partial charge in [-0.3, -0.25) is 4.79 Å². The lowest BCUT2D eigenvalue weighted by atomic mass is 10.1. The quantitative estimate of drug-likeness (QED) is 0.397. The SMILES string of the molecule is O=C(NCc1ccc2c(c1)OCO2)c1cc2c([nH]c3ccccc32)c(-c2ccc3c(c2)OCO3)n1. The van der Waals surface area contributed by atoms with Crippen LogP contribution in [0.5, 0.6) is 23.0 Å². The predicted octanol–water partition coefficient (Wildman–Crippen LogP) is 4.77. The summed E-state index contributed by atoms with van der Waals surface area (Å²) in [6, 6.07) is 21.1. The van der Waals surface area contributed by atoms with E-state index in [0.717, 1.165) is 32.9 Å². The number of fused-ring (bicyclic) bond motifs is 5. The van der Waals surface area contributed by atoms with Crippen molar-refractivity contribution in [2.24, 2.45) is 0 Å². The third kappa shape index (κ3) is 3.30. The van der Waals surface area contributed by atoms with E-state index in [2.05, 4.69) is 10.3 Å². The summed E-state index contributed by atoms with van der Waals surface area (Å²) in [6.45, 7) is 0.737. The van der Waals surface area contributed by atoms with Gasteiger partial charge >= 0.3 is 0 Å². The molecule has 5 aromatic rings. The van der Waals surface area contributed by atoms with Gasteiger partial charge in [-0.05, 0) is 48.0 Å². The van der Waals surface area contributed by atoms with Gasteiger partial charge in [0.05, 0.1) is 11.2 Å². The van der Waals surface area contributed by atoms with E-state index in [1.807, 2.05) is 66.7 Å². The highest BCUT2D eigenvalue weighted by Crippen LogP contribution is 2.39. The fourth-order valence-electron chi connectivity index (χ4n) is 4.54. The van der Waals surface area contributed by atoms with Crippen molar-refractivity contribution in [3.8, 4) is 34.3 Å². The summed E-state index contributed by atoms with van der Waals surface area (Å²) in [5.41, 5.74) is 4.57. The minimum Gasteiger partial charge on any atom is -0.454 e. The van der Waals surface area contributed by atoms with E-state index in [1.54, 1.807) is 0 Å². The average molecular weight is 465 g/mol. The Kier molecular flexibility index (Phi) is 4.32. The number of carbonyl (C=O) groups is 1. The number of ether oxygens (including phenoxy) is 4. The number of H-pyrrole nitrogens is 1. The van der Waals surface area contributed by atoms with Gasteiger partial charge in [-0.2, -0.15) is 0 Å². The summed E-state index contributed by atoms with van der Waals surface area (Å²) in [5.74, 6) is 2.47. The first-order chi connectivity index (χ1) is 17.2. The molecular weight excluding hydrogens is 446 g/mol. The van der Waals surface area contributed by atoms with E-state index in [0.29, 0.717) is 40.9 Å². The van der Waals surface area contributed by atoms with Gasteiger partial charge < -0.3 is 29.2 Å². The summed E-state index contributed by atoms with van der Waals surface area (Å²) < 4.78 is 21.8. The van der Waals surface area contributed by atoms with Crippen LogP contribution in [0.4, 0.5) is 0 Å². The lowest BCUT2D eigenvalue weighted by Gasteiger charge is -2.10. The molecule has 0 bridgehead atoms. The molecule has 2 aromatic heterocycles. The highest BCUT2D eigenvalue weighted by Gasteiger charge is 2.20. The topological polar surface area (TPSA) is 94.7 Å². The van der Waals surface area contributed by atoms with E-state index in [1.165, 1.54) is 0 Å². The van der Waals surface area contributed by atoms with E-state index >= 15 is 0 Å². The molecule has 0 unspecified atom stereocenters. The molecule has 172 valence electrons. The van der Waals surface area contributed by atoms with Crippen LogP contribution in [0, 0.1) is 0 Å². The molecule has 4 heterocycles. The van der Waals surface area contributed by atoms with Crippen LogP contribution in [0.3, 0.4) is 0 Å². The van der Waals surface area contributed by atoms with Gasteiger partial charge in [0.1, 0.15) is 5.69 Å². The molecule has 8 nitrogen and oxygen atoms in total. The lowest BCUT2D eigenvalue weighted by molar-refractivity contribution is 0.0946. The molecule has 0 spiro atoms. The minimum absolute atomic E-state index is 0.191. The van der Waals surface area contributed by atoms with Crippen LogP contribution in [0.25, 0.3) is 33.1 Å². The first-order valence-electron chi connectivity index (χ1n) is 11.2. The van der Waals surface area contributed by atoms with Gasteiger partial charge in [-0.25, -0.2) is 4.98 Å². The Hall–Kier alpha value is -4.72. The van der Waals surface area contributed by atoms with Gasteiger partial charge in [0.15, 0.2) is 23.0 Å². The zero-order chi connectivity index (χ0) is 23.4. The maximum atomic E-state index is 13.2. The number of nitrogens with one attached hydrogen (secondary N) is 2. The number of aromatic amines is 1. The Labute approximate surface area is 199 Å². The molecule has 0 atom stereocenters. The zero-order valence-electron chi connectivity index (χ0n) is 18.5. The van der Waals surface area contributed by atoms with Crippen LogP contribution in [-0.4, -0.2) is 29.5 Å². The molecule has 3 aromatic carbocycles. The first-order valence-corrected chi connectivity index (χ1v) is 11.2. The van der Waals surface area contributed by atoms with Crippen molar-refractivity contribution in [1.82, 2.24) is 15.3 Å². The number of hydrogen-bond acceptors (Lipinski definition) is 6. The highest BCUT2D eigenvalue weighted by atomic mass is 16.7. The average Bonchev–Trinajstić information content (AvgIpc) is 3.64. The molecule has 1 amide bonds. The number of para-hydroxylation sites is 1. The van der Waals surface area contributed by atoms with Gasteiger partial charge in [-0.15, -0.1) is 0 Å². The Morgan fingerprint density at radius 2 is 1.57 bits per heavy atom. The van der Waals surface area contributed by atoms with Gasteiger partial charge in [0, 0.05) is 28.4 Å². The van der Waals surface area contributed by atoms with Crippen LogP contribution in [0.1, 0.15) is 16.1 Å². The Balaban J connectivity index is 1.29. The number of aromatic nitrogens is 2. The molecule has 8 heteroatoms. The van der Waals surface area contributed by atoms with Crippen molar-refractivity contribution in [2.45, 2.75) is 6.54 Å². The first kappa shape index (κ1) is 19.7. The van der Waals surface area contributed by atoms with E-state index < -0.39 is 0 Å². The molecule has 2 N–H and O–H groups in total. The third-order valence-electron chi connectivity index (χ3n) is 6.27. The van der Waals surface area contributed by atoms with Crippen LogP contribution < -0.4 is 24.3 Å². The standard InChI is InChI=1S/C27H19N3O5/c31-27(28-12-15-5-7-21-23(9-15)34-13-32-21)20-11-18-17-3-1-2-4-19(17)29-26(18)25(30-20)16-6-8-22-24(10-16)35-14-33-22/h1-11,29H,12-14H2,(H,28,31). The zero-order valence-corrected chi connectivity index (χ0v) is 18.5. The van der Waals surface area contributed by atoms with Crippen LogP contribution in [0.2, 0.25) is 0 Å². The number of benzene rings is 3. The van der Waals surface area contributed by atoms with Crippen LogP contribution in [-0.2, 0) is 6.54 Å². The van der Waals surface area contributed by atoms with Gasteiger partial charge in [0.25, 0.3) is 5.91 Å². The van der Waals surface area contributed by atoms with Crippen LogP contribution in [0.15, 0.2) is 66.7 Å². The predicted molar refractivity (Wildman–Crippen MR) is 129 cm³/mol. The number of hydrogen-bond donors (Lipinski definition) is 2. The fourth-order valence-corrected chi connectivity index (χ4v) is 4.54. The Morgan fingerprint density at radius 1 is 0.829 bits per heavy atom. The summed E-state index contributed by atoms with van der Waals surface area (Å²) >= 11 is 0. The molecular formula is C27H19N3O5. The van der Waals surface area contributed by atoms with E-state index in [-0.39, 0.29) is 19.5 Å². The van der Waals surface area contributed by atoms with Crippen LogP contribution >= 0.6 is 0 Å². The molecule has 2 aliphatic heterocycles. The lowest BCUT2D eigenvalue weighted by Crippen LogP contribution is -2.24. The molecule has 2 aliphatic rings. The Morgan fingerprint density at radius 3 is 2.43 bits per heavy atom. The molecule has 0 saturated heterocycles. The number of pyridine rings is 1. The fraction of sp³-hybridized carbons (Fsp3) is 0.111. The van der Waals surface area contributed by atoms with E-state index in [4.69, 9.17) is 23.9 Å². The third-order valence-corrected chi connectivity index (χ3v) is 6.27. The van der Waals surface area contributed by atoms with Gasteiger partial charge in [0.2, 0.25) is 13.6 Å². The molecule has 35 heavy (non-hydrogen) atoms. The van der Waals surface area contributed by atoms with E-state index in [9.17, 15) is 4.79 Å². The second-order valence-electron chi connectivity index (χ2n) is 8.39. The molecule has 0 fully saturated rings. The number of rotatable bonds is 4. The number of amides is 1. The minimum atomic E-state index is -0.267. The van der Waals surface area contributed by atoms with Crippen molar-refractivity contribution < 1.29 is 23.7 Å². The normalized spacial score (nSPS) is 13.5. The molecule has 0 radical (unpaired) electrons. The largest absolute Gasteiger partial charge is 0.454 e. The van der Waals surface area contributed by atoms with Crippen molar-refractivity contribution in [1.29, 1.82) is 0 Å². The maximum Gasteiger partial charge on any atom is 0.270 e. The summed E-state index contributed by atoms with van der Waals surface area (Å²) in [6.07, 6.45) is 0. The summed E-state index contributed by atoms with van der Waals surface area (Å²) in [7, 11) is 0. The van der Waals surface area contributed by atoms with Gasteiger partial charge in [-0.1, -0.05) is 24.3 Å². The monoisotopic (exact) mass is 465 g/mol. The molecule has 0 aliphatic carbocycles. The number of nitrogens with zero attached hydrogens (tertiary/aromatic N) is 1. The maximum absolute atomic E-state index is 13.2. The smallest absolute Gasteiger partial charge is 0.270 e. The second-order valence-corrected chi connectivity index (χ2v) is 8.39.